The van der Waals surface area contributed by atoms with Crippen LogP contribution in [0.2, 0.25) is 0 Å². The van der Waals surface area contributed by atoms with Crippen LogP contribution in [0.4, 0.5) is 20.2 Å². The van der Waals surface area contributed by atoms with Gasteiger partial charge in [-0.15, -0.1) is 0 Å². The van der Waals surface area contributed by atoms with Gasteiger partial charge in [-0.3, -0.25) is 4.79 Å². The van der Waals surface area contributed by atoms with Gasteiger partial charge in [-0.2, -0.15) is 0 Å². The number of hydrogen-bond donors (Lipinski definition) is 1. The topological polar surface area (TPSA) is 32.3 Å². The van der Waals surface area contributed by atoms with Crippen LogP contribution < -0.4 is 10.2 Å². The van der Waals surface area contributed by atoms with Crippen LogP contribution in [-0.2, 0) is 11.2 Å². The maximum atomic E-state index is 13.7. The van der Waals surface area contributed by atoms with Gasteiger partial charge in [0.25, 0.3) is 0 Å². The molecule has 0 aromatic heterocycles. The average Bonchev–Trinajstić information content (AvgIpc) is 2.57. The molecule has 0 fully saturated rings. The first-order valence-electron chi connectivity index (χ1n) is 7.67. The predicted octanol–water partition coefficient (Wildman–Crippen LogP) is 3.74. The van der Waals surface area contributed by atoms with Crippen molar-refractivity contribution in [2.24, 2.45) is 0 Å². The Hall–Kier alpha value is -2.43. The Morgan fingerprint density at radius 3 is 2.57 bits per heavy atom. The molecule has 0 radical (unpaired) electrons. The highest BCUT2D eigenvalue weighted by Gasteiger charge is 2.26. The van der Waals surface area contributed by atoms with Crippen molar-refractivity contribution in [1.82, 2.24) is 0 Å². The van der Waals surface area contributed by atoms with Crippen molar-refractivity contribution in [3.63, 3.8) is 0 Å². The van der Waals surface area contributed by atoms with Crippen molar-refractivity contribution in [2.45, 2.75) is 25.8 Å². The molecule has 0 saturated carbocycles. The van der Waals surface area contributed by atoms with Crippen LogP contribution in [0.15, 0.2) is 42.5 Å². The van der Waals surface area contributed by atoms with Gasteiger partial charge in [-0.25, -0.2) is 8.78 Å². The van der Waals surface area contributed by atoms with E-state index in [1.807, 2.05) is 29.2 Å². The Bertz CT molecular complexity index is 712. The number of benzene rings is 2. The van der Waals surface area contributed by atoms with Crippen LogP contribution in [0, 0.1) is 11.6 Å². The summed E-state index contributed by atoms with van der Waals surface area (Å²) in [4.78, 5) is 14.4. The molecule has 3 rings (SSSR count). The summed E-state index contributed by atoms with van der Waals surface area (Å²) in [5.41, 5.74) is 1.81. The zero-order chi connectivity index (χ0) is 16.4. The normalized spacial score (nSPS) is 15.0. The number of nitrogens with one attached hydrogen (secondary N) is 1. The summed E-state index contributed by atoms with van der Waals surface area (Å²) in [6.07, 6.45) is 1.92. The molecule has 0 unspecified atom stereocenters. The Balaban J connectivity index is 1.81. The highest BCUT2D eigenvalue weighted by Crippen LogP contribution is 2.29. The lowest BCUT2D eigenvalue weighted by Gasteiger charge is -2.35. The molecular formula is C18H18F2N2O. The van der Waals surface area contributed by atoms with Crippen molar-refractivity contribution < 1.29 is 13.6 Å². The Kier molecular flexibility index (Phi) is 4.28. The standard InChI is InChI=1S/C18H18F2N2O/c1-12(18(23)21-17-14(19)8-4-9-15(17)20)22-11-5-7-13-6-2-3-10-16(13)22/h2-4,6,8-10,12H,5,7,11H2,1H3,(H,21,23)/t12-/m0/s1. The fourth-order valence-electron chi connectivity index (χ4n) is 2.95. The number of para-hydroxylation sites is 2. The first-order valence-corrected chi connectivity index (χ1v) is 7.67. The molecule has 23 heavy (non-hydrogen) atoms. The molecule has 1 aliphatic rings. The summed E-state index contributed by atoms with van der Waals surface area (Å²) in [6.45, 7) is 2.49. The van der Waals surface area contributed by atoms with Crippen molar-refractivity contribution in [3.8, 4) is 0 Å². The fourth-order valence-corrected chi connectivity index (χ4v) is 2.95. The molecule has 5 heteroatoms. The van der Waals surface area contributed by atoms with E-state index < -0.39 is 29.3 Å². The lowest BCUT2D eigenvalue weighted by molar-refractivity contribution is -0.117. The van der Waals surface area contributed by atoms with Crippen molar-refractivity contribution in [3.05, 3.63) is 59.7 Å². The predicted molar refractivity (Wildman–Crippen MR) is 86.6 cm³/mol. The fraction of sp³-hybridized carbons (Fsp3) is 0.278. The molecule has 0 bridgehead atoms. The van der Waals surface area contributed by atoms with E-state index in [9.17, 15) is 13.6 Å². The number of amides is 1. The monoisotopic (exact) mass is 316 g/mol. The van der Waals surface area contributed by atoms with Gasteiger partial charge in [-0.1, -0.05) is 24.3 Å². The summed E-state index contributed by atoms with van der Waals surface area (Å²) in [6, 6.07) is 10.9. The summed E-state index contributed by atoms with van der Waals surface area (Å²) < 4.78 is 27.4. The van der Waals surface area contributed by atoms with Gasteiger partial charge in [0.15, 0.2) is 0 Å². The second-order valence-corrected chi connectivity index (χ2v) is 5.69. The van der Waals surface area contributed by atoms with Crippen molar-refractivity contribution in [2.75, 3.05) is 16.8 Å². The summed E-state index contributed by atoms with van der Waals surface area (Å²) in [5, 5.41) is 2.38. The van der Waals surface area contributed by atoms with E-state index in [1.54, 1.807) is 6.92 Å². The van der Waals surface area contributed by atoms with Gasteiger partial charge in [0.2, 0.25) is 5.91 Å². The number of rotatable bonds is 3. The van der Waals surface area contributed by atoms with Gasteiger partial charge in [0.05, 0.1) is 0 Å². The number of aryl methyl sites for hydroxylation is 1. The number of carbonyl (C=O) groups is 1. The molecule has 3 nitrogen and oxygen atoms in total. The third-order valence-corrected chi connectivity index (χ3v) is 4.20. The van der Waals surface area contributed by atoms with E-state index in [1.165, 1.54) is 11.6 Å². The largest absolute Gasteiger partial charge is 0.360 e. The lowest BCUT2D eigenvalue weighted by atomic mass is 10.00. The van der Waals surface area contributed by atoms with E-state index in [4.69, 9.17) is 0 Å². The first kappa shape index (κ1) is 15.5. The SMILES string of the molecule is C[C@@H](C(=O)Nc1c(F)cccc1F)N1CCCc2ccccc21. The van der Waals surface area contributed by atoms with Crippen molar-refractivity contribution >= 4 is 17.3 Å². The van der Waals surface area contributed by atoms with Crippen molar-refractivity contribution in [1.29, 1.82) is 0 Å². The van der Waals surface area contributed by atoms with E-state index in [0.717, 1.165) is 37.2 Å². The van der Waals surface area contributed by atoms with Crippen LogP contribution in [0.25, 0.3) is 0 Å². The second-order valence-electron chi connectivity index (χ2n) is 5.69. The highest BCUT2D eigenvalue weighted by atomic mass is 19.1. The molecule has 2 aromatic rings. The maximum Gasteiger partial charge on any atom is 0.246 e. The quantitative estimate of drug-likeness (QED) is 0.935. The maximum absolute atomic E-state index is 13.7. The van der Waals surface area contributed by atoms with E-state index in [2.05, 4.69) is 5.32 Å². The van der Waals surface area contributed by atoms with E-state index in [-0.39, 0.29) is 0 Å². The molecule has 1 heterocycles. The van der Waals surface area contributed by atoms with Crippen LogP contribution in [0.3, 0.4) is 0 Å². The number of fused-ring (bicyclic) bond motifs is 1. The van der Waals surface area contributed by atoms with Gasteiger partial charge in [0.1, 0.15) is 23.4 Å². The molecule has 1 aliphatic heterocycles. The molecule has 1 amide bonds. The molecule has 0 aliphatic carbocycles. The number of hydrogen-bond acceptors (Lipinski definition) is 2. The van der Waals surface area contributed by atoms with Crippen LogP contribution in [0.1, 0.15) is 18.9 Å². The third kappa shape index (κ3) is 3.04. The zero-order valence-electron chi connectivity index (χ0n) is 12.9. The van der Waals surface area contributed by atoms with E-state index >= 15 is 0 Å². The molecule has 1 N–H and O–H groups in total. The minimum Gasteiger partial charge on any atom is -0.360 e. The smallest absolute Gasteiger partial charge is 0.246 e. The van der Waals surface area contributed by atoms with Gasteiger partial charge in [0, 0.05) is 12.2 Å². The summed E-state index contributed by atoms with van der Waals surface area (Å²) in [5.74, 6) is -1.97. The minimum atomic E-state index is -0.774. The molecule has 1 atom stereocenters. The highest BCUT2D eigenvalue weighted by molar-refractivity contribution is 5.97. The van der Waals surface area contributed by atoms with Crippen LogP contribution in [-0.4, -0.2) is 18.5 Å². The summed E-state index contributed by atoms with van der Waals surface area (Å²) >= 11 is 0. The van der Waals surface area contributed by atoms with Gasteiger partial charge >= 0.3 is 0 Å². The van der Waals surface area contributed by atoms with Gasteiger partial charge < -0.3 is 10.2 Å². The number of carbonyl (C=O) groups excluding carboxylic acids is 1. The molecular weight excluding hydrogens is 298 g/mol. The third-order valence-electron chi connectivity index (χ3n) is 4.20. The van der Waals surface area contributed by atoms with Crippen LogP contribution in [0.5, 0.6) is 0 Å². The summed E-state index contributed by atoms with van der Waals surface area (Å²) in [7, 11) is 0. The molecule has 0 spiro atoms. The first-order chi connectivity index (χ1) is 11.1. The minimum absolute atomic E-state index is 0.394. The number of halogens is 2. The van der Waals surface area contributed by atoms with Gasteiger partial charge in [-0.05, 0) is 43.5 Å². The number of nitrogens with zero attached hydrogens (tertiary/aromatic N) is 1. The average molecular weight is 316 g/mol. The molecule has 0 saturated heterocycles. The second kappa shape index (κ2) is 6.36. The zero-order valence-corrected chi connectivity index (χ0v) is 12.9. The van der Waals surface area contributed by atoms with Crippen LogP contribution >= 0.6 is 0 Å². The van der Waals surface area contributed by atoms with E-state index in [0.29, 0.717) is 0 Å². The number of anilines is 2. The molecule has 120 valence electrons. The lowest BCUT2D eigenvalue weighted by Crippen LogP contribution is -2.44. The molecule has 2 aromatic carbocycles. The Morgan fingerprint density at radius 1 is 1.13 bits per heavy atom. The Labute approximate surface area is 133 Å². The Morgan fingerprint density at radius 2 is 1.83 bits per heavy atom.